The number of nitrogens with zero attached hydrogens (tertiary/aromatic N) is 3. The zero-order valence-electron chi connectivity index (χ0n) is 19.9. The molecule has 0 bridgehead atoms. The summed E-state index contributed by atoms with van der Waals surface area (Å²) in [6.07, 6.45) is -1.33. The van der Waals surface area contributed by atoms with Gasteiger partial charge in [0.25, 0.3) is 5.91 Å². The molecule has 2 aliphatic rings. The average Bonchev–Trinajstić information content (AvgIpc) is 2.84. The van der Waals surface area contributed by atoms with E-state index in [0.29, 0.717) is 48.7 Å². The number of ketones is 1. The van der Waals surface area contributed by atoms with E-state index in [4.69, 9.17) is 4.74 Å². The summed E-state index contributed by atoms with van der Waals surface area (Å²) < 4.78 is 44.4. The average molecular weight is 499 g/mol. The van der Waals surface area contributed by atoms with Gasteiger partial charge in [-0.1, -0.05) is 12.6 Å². The summed E-state index contributed by atoms with van der Waals surface area (Å²) in [5.74, 6) is -0.772. The lowest BCUT2D eigenvalue weighted by Crippen LogP contribution is -2.48. The predicted molar refractivity (Wildman–Crippen MR) is 130 cm³/mol. The first-order valence-corrected chi connectivity index (χ1v) is 11.3. The van der Waals surface area contributed by atoms with Crippen LogP contribution in [0.1, 0.15) is 40.5 Å². The van der Waals surface area contributed by atoms with Crippen LogP contribution in [0.4, 0.5) is 18.9 Å². The molecule has 1 unspecified atom stereocenters. The maximum atomic E-state index is 13.0. The molecule has 1 aromatic heterocycles. The third-order valence-electron chi connectivity index (χ3n) is 6.18. The second-order valence-corrected chi connectivity index (χ2v) is 8.66. The fraction of sp³-hybridized carbons (Fsp3) is 0.308. The molecule has 1 amide bonds. The molecular formula is C26H25F3N4O3. The standard InChI is InChI=1S/C26H25F3N4O3/c1-15(12-31-24-17(3)33-7-8-36-14-21(33)11-23(24)34)22-10-20(13-30-16(22)2)32-25(35)18-5-4-6-19(9-18)26(27,28)29/h4-6,9-10,12-13,21H,1,7-8,11,14H2,2-3H3,(H,32,35)/b31-12-. The Bertz CT molecular complexity index is 1280. The molecule has 0 aliphatic carbocycles. The van der Waals surface area contributed by atoms with Gasteiger partial charge in [-0.2, -0.15) is 13.2 Å². The van der Waals surface area contributed by atoms with Gasteiger partial charge in [0.05, 0.1) is 36.7 Å². The number of benzene rings is 1. The van der Waals surface area contributed by atoms with E-state index in [-0.39, 0.29) is 23.1 Å². The summed E-state index contributed by atoms with van der Waals surface area (Å²) >= 11 is 0. The molecule has 2 aromatic rings. The van der Waals surface area contributed by atoms with Gasteiger partial charge in [0.2, 0.25) is 0 Å². The maximum Gasteiger partial charge on any atom is 0.416 e. The largest absolute Gasteiger partial charge is 0.416 e. The first-order valence-electron chi connectivity index (χ1n) is 11.3. The van der Waals surface area contributed by atoms with Gasteiger partial charge >= 0.3 is 6.18 Å². The van der Waals surface area contributed by atoms with Crippen molar-refractivity contribution in [3.8, 4) is 0 Å². The SMILES string of the molecule is C=C(/C=N\C1=C(C)N2CCOCC2CC1=O)c1cc(NC(=O)c2cccc(C(F)(F)F)c2)cnc1C. The number of amides is 1. The lowest BCUT2D eigenvalue weighted by atomic mass is 9.99. The fourth-order valence-corrected chi connectivity index (χ4v) is 4.26. The van der Waals surface area contributed by atoms with E-state index in [1.54, 1.807) is 13.0 Å². The fourth-order valence-electron chi connectivity index (χ4n) is 4.26. The van der Waals surface area contributed by atoms with Gasteiger partial charge in [-0.25, -0.2) is 0 Å². The number of fused-ring (bicyclic) bond motifs is 1. The van der Waals surface area contributed by atoms with Crippen LogP contribution in [0.25, 0.3) is 5.57 Å². The van der Waals surface area contributed by atoms with Crippen LogP contribution in [-0.4, -0.2) is 53.6 Å². The molecule has 1 aromatic carbocycles. The number of rotatable bonds is 5. The molecule has 0 saturated carbocycles. The number of hydrogen-bond donors (Lipinski definition) is 1. The topological polar surface area (TPSA) is 83.9 Å². The van der Waals surface area contributed by atoms with Crippen LogP contribution in [0.2, 0.25) is 0 Å². The van der Waals surface area contributed by atoms with E-state index in [1.165, 1.54) is 24.5 Å². The number of morpholine rings is 1. The van der Waals surface area contributed by atoms with E-state index in [9.17, 15) is 22.8 Å². The Balaban J connectivity index is 1.52. The van der Waals surface area contributed by atoms with Crippen molar-refractivity contribution in [2.45, 2.75) is 32.5 Å². The molecule has 1 N–H and O–H groups in total. The highest BCUT2D eigenvalue weighted by Crippen LogP contribution is 2.30. The Kier molecular flexibility index (Phi) is 7.07. The minimum atomic E-state index is -4.55. The van der Waals surface area contributed by atoms with E-state index in [1.807, 2.05) is 6.92 Å². The normalized spacial score (nSPS) is 18.4. The van der Waals surface area contributed by atoms with Crippen LogP contribution in [0, 0.1) is 6.92 Å². The molecule has 1 atom stereocenters. The molecule has 4 rings (SSSR count). The molecule has 1 fully saturated rings. The van der Waals surface area contributed by atoms with Gasteiger partial charge in [-0.15, -0.1) is 0 Å². The lowest BCUT2D eigenvalue weighted by Gasteiger charge is -2.40. The summed E-state index contributed by atoms with van der Waals surface area (Å²) in [4.78, 5) is 36.1. The van der Waals surface area contributed by atoms with E-state index >= 15 is 0 Å². The number of allylic oxidation sites excluding steroid dienone is 3. The molecule has 0 spiro atoms. The molecule has 0 radical (unpaired) electrons. The first-order chi connectivity index (χ1) is 17.0. The number of hydrogen-bond acceptors (Lipinski definition) is 6. The van der Waals surface area contributed by atoms with Crippen molar-refractivity contribution in [3.63, 3.8) is 0 Å². The third kappa shape index (κ3) is 5.38. The molecule has 10 heteroatoms. The van der Waals surface area contributed by atoms with E-state index < -0.39 is 17.6 Å². The first kappa shape index (κ1) is 25.3. The second kappa shape index (κ2) is 10.1. The molecule has 2 aliphatic heterocycles. The monoisotopic (exact) mass is 498 g/mol. The van der Waals surface area contributed by atoms with Gasteiger partial charge in [-0.3, -0.25) is 19.6 Å². The van der Waals surface area contributed by atoms with Crippen LogP contribution in [0.15, 0.2) is 59.5 Å². The van der Waals surface area contributed by atoms with Crippen molar-refractivity contribution >= 4 is 29.2 Å². The van der Waals surface area contributed by atoms with Gasteiger partial charge in [0, 0.05) is 41.7 Å². The quantitative estimate of drug-likeness (QED) is 0.607. The van der Waals surface area contributed by atoms with Crippen molar-refractivity contribution in [1.82, 2.24) is 9.88 Å². The molecular weight excluding hydrogens is 473 g/mol. The Morgan fingerprint density at radius 2 is 2.08 bits per heavy atom. The van der Waals surface area contributed by atoms with Crippen LogP contribution in [-0.2, 0) is 15.7 Å². The molecule has 36 heavy (non-hydrogen) atoms. The Hall–Kier alpha value is -3.79. The van der Waals surface area contributed by atoms with E-state index in [2.05, 4.69) is 26.8 Å². The molecule has 7 nitrogen and oxygen atoms in total. The van der Waals surface area contributed by atoms with Gasteiger partial charge in [0.15, 0.2) is 5.78 Å². The number of halogens is 3. The Labute approximate surface area is 206 Å². The highest BCUT2D eigenvalue weighted by molar-refractivity contribution is 6.12. The third-order valence-corrected chi connectivity index (χ3v) is 6.18. The number of ether oxygens (including phenoxy) is 1. The molecule has 188 valence electrons. The zero-order valence-corrected chi connectivity index (χ0v) is 19.9. The smallest absolute Gasteiger partial charge is 0.377 e. The van der Waals surface area contributed by atoms with Crippen LogP contribution >= 0.6 is 0 Å². The summed E-state index contributed by atoms with van der Waals surface area (Å²) in [7, 11) is 0. The minimum absolute atomic E-state index is 0.0250. The van der Waals surface area contributed by atoms with Crippen molar-refractivity contribution in [2.24, 2.45) is 4.99 Å². The van der Waals surface area contributed by atoms with E-state index in [0.717, 1.165) is 17.8 Å². The summed E-state index contributed by atoms with van der Waals surface area (Å²) in [5.41, 5.74) is 2.05. The summed E-state index contributed by atoms with van der Waals surface area (Å²) in [6.45, 7) is 9.44. The number of carbonyl (C=O) groups excluding carboxylic acids is 2. The van der Waals surface area contributed by atoms with Crippen LogP contribution in [0.3, 0.4) is 0 Å². The van der Waals surface area contributed by atoms with Crippen LogP contribution < -0.4 is 5.32 Å². The number of aliphatic imine (C=N–C) groups is 1. The highest BCUT2D eigenvalue weighted by atomic mass is 19.4. The summed E-state index contributed by atoms with van der Waals surface area (Å²) in [5, 5.41) is 2.57. The highest BCUT2D eigenvalue weighted by Gasteiger charge is 2.33. The van der Waals surface area contributed by atoms with Crippen LogP contribution in [0.5, 0.6) is 0 Å². The maximum absolute atomic E-state index is 13.0. The second-order valence-electron chi connectivity index (χ2n) is 8.66. The minimum Gasteiger partial charge on any atom is -0.377 e. The van der Waals surface area contributed by atoms with Gasteiger partial charge in [-0.05, 0) is 43.7 Å². The number of alkyl halides is 3. The number of aromatic nitrogens is 1. The number of nitrogens with one attached hydrogen (secondary N) is 1. The Morgan fingerprint density at radius 1 is 1.31 bits per heavy atom. The number of carbonyl (C=O) groups is 2. The van der Waals surface area contributed by atoms with Crippen molar-refractivity contribution in [2.75, 3.05) is 25.1 Å². The predicted octanol–water partition coefficient (Wildman–Crippen LogP) is 4.65. The lowest BCUT2D eigenvalue weighted by molar-refractivity contribution is -0.137. The van der Waals surface area contributed by atoms with Crippen molar-refractivity contribution in [3.05, 3.63) is 76.9 Å². The van der Waals surface area contributed by atoms with Crippen molar-refractivity contribution < 1.29 is 27.5 Å². The number of aryl methyl sites for hydroxylation is 1. The zero-order chi connectivity index (χ0) is 26.0. The summed E-state index contributed by atoms with van der Waals surface area (Å²) in [6, 6.07) is 5.81. The molecule has 1 saturated heterocycles. The van der Waals surface area contributed by atoms with Gasteiger partial charge < -0.3 is 15.0 Å². The van der Waals surface area contributed by atoms with Gasteiger partial charge in [0.1, 0.15) is 5.70 Å². The Morgan fingerprint density at radius 3 is 2.83 bits per heavy atom. The number of anilines is 1. The van der Waals surface area contributed by atoms with Crippen molar-refractivity contribution in [1.29, 1.82) is 0 Å². The number of Topliss-reactive ketones (excluding diaryl/α,β-unsaturated/α-hetero) is 1. The molecule has 3 heterocycles. The number of pyridine rings is 1.